The number of fused-ring (bicyclic) bond motifs is 1. The van der Waals surface area contributed by atoms with Gasteiger partial charge in [0.05, 0.1) is 30.0 Å². The number of nitrogens with one attached hydrogen (secondary N) is 2. The summed E-state index contributed by atoms with van der Waals surface area (Å²) < 4.78 is 10.5. The van der Waals surface area contributed by atoms with Gasteiger partial charge >= 0.3 is 6.09 Å². The van der Waals surface area contributed by atoms with Gasteiger partial charge in [-0.15, -0.1) is 0 Å². The molecule has 0 bridgehead atoms. The van der Waals surface area contributed by atoms with Crippen LogP contribution in [0.5, 0.6) is 0 Å². The van der Waals surface area contributed by atoms with E-state index in [9.17, 15) is 14.4 Å². The number of pyridine rings is 2. The molecule has 0 radical (unpaired) electrons. The second-order valence-electron chi connectivity index (χ2n) is 10.8. The number of hydrazine groups is 1. The second kappa shape index (κ2) is 12.7. The van der Waals surface area contributed by atoms with Crippen LogP contribution in [0, 0.1) is 11.8 Å². The van der Waals surface area contributed by atoms with Crippen LogP contribution in [-0.2, 0) is 9.47 Å². The van der Waals surface area contributed by atoms with Gasteiger partial charge in [0, 0.05) is 53.1 Å². The molecule has 0 saturated carbocycles. The molecule has 0 unspecified atom stereocenters. The van der Waals surface area contributed by atoms with Gasteiger partial charge in [-0.1, -0.05) is 24.0 Å². The van der Waals surface area contributed by atoms with Gasteiger partial charge in [0.25, 0.3) is 11.8 Å². The summed E-state index contributed by atoms with van der Waals surface area (Å²) in [6, 6.07) is 18.1. The predicted octanol–water partition coefficient (Wildman–Crippen LogP) is 4.34. The zero-order chi connectivity index (χ0) is 30.4. The number of carbonyl (C=O) groups is 3. The van der Waals surface area contributed by atoms with Crippen LogP contribution in [0.4, 0.5) is 4.79 Å². The molecule has 10 heteroatoms. The first-order valence-corrected chi connectivity index (χ1v) is 13.8. The van der Waals surface area contributed by atoms with Crippen molar-refractivity contribution in [2.75, 3.05) is 26.3 Å². The Balaban J connectivity index is 1.30. The highest BCUT2D eigenvalue weighted by molar-refractivity contribution is 6.07. The highest BCUT2D eigenvalue weighted by Crippen LogP contribution is 2.25. The van der Waals surface area contributed by atoms with E-state index in [1.165, 1.54) is 0 Å². The van der Waals surface area contributed by atoms with Crippen molar-refractivity contribution in [3.63, 3.8) is 0 Å². The van der Waals surface area contributed by atoms with Gasteiger partial charge in [0.15, 0.2) is 0 Å². The van der Waals surface area contributed by atoms with Crippen molar-refractivity contribution < 1.29 is 23.9 Å². The topological polar surface area (TPSA) is 123 Å². The molecule has 2 aromatic heterocycles. The van der Waals surface area contributed by atoms with Gasteiger partial charge < -0.3 is 14.4 Å². The number of aromatic nitrogens is 2. The molecular weight excluding hydrogens is 546 g/mol. The van der Waals surface area contributed by atoms with Gasteiger partial charge in [-0.2, -0.15) is 0 Å². The van der Waals surface area contributed by atoms with Crippen molar-refractivity contribution in [3.8, 4) is 23.1 Å². The number of amides is 3. The minimum absolute atomic E-state index is 0.00287. The predicted molar refractivity (Wildman–Crippen MR) is 161 cm³/mol. The first kappa shape index (κ1) is 29.2. The summed E-state index contributed by atoms with van der Waals surface area (Å²) in [6.45, 7) is 7.51. The highest BCUT2D eigenvalue weighted by atomic mass is 16.6. The maximum atomic E-state index is 13.0. The number of benzene rings is 2. The van der Waals surface area contributed by atoms with E-state index >= 15 is 0 Å². The molecule has 1 fully saturated rings. The Bertz CT molecular complexity index is 1710. The zero-order valence-corrected chi connectivity index (χ0v) is 24.1. The van der Waals surface area contributed by atoms with Crippen LogP contribution in [0.2, 0.25) is 0 Å². The smallest absolute Gasteiger partial charge is 0.426 e. The minimum Gasteiger partial charge on any atom is -0.443 e. The summed E-state index contributed by atoms with van der Waals surface area (Å²) in [7, 11) is 0. The van der Waals surface area contributed by atoms with Gasteiger partial charge in [0.1, 0.15) is 5.60 Å². The Hall–Kier alpha value is -5.27. The van der Waals surface area contributed by atoms with E-state index in [4.69, 9.17) is 14.5 Å². The highest BCUT2D eigenvalue weighted by Gasteiger charge is 2.20. The van der Waals surface area contributed by atoms with Crippen LogP contribution in [0.1, 0.15) is 52.6 Å². The molecule has 1 aliphatic rings. The lowest BCUT2D eigenvalue weighted by Gasteiger charge is -2.26. The van der Waals surface area contributed by atoms with Gasteiger partial charge in [-0.25, -0.2) is 15.2 Å². The molecule has 3 heterocycles. The third-order valence-electron chi connectivity index (χ3n) is 6.49. The molecule has 1 saturated heterocycles. The van der Waals surface area contributed by atoms with Crippen LogP contribution in [0.3, 0.4) is 0 Å². The largest absolute Gasteiger partial charge is 0.443 e. The molecule has 43 heavy (non-hydrogen) atoms. The lowest BCUT2D eigenvalue weighted by Crippen LogP contribution is -2.44. The van der Waals surface area contributed by atoms with Crippen LogP contribution < -0.4 is 10.9 Å². The number of morpholine rings is 1. The van der Waals surface area contributed by atoms with Crippen molar-refractivity contribution in [2.45, 2.75) is 26.4 Å². The molecule has 2 aromatic carbocycles. The SMILES string of the molecule is CC(C)(C)OC(=O)NNC(=O)c1cc(-c2ccc(C#Cc3ccc(C(=O)N4CCOCC4)cc3)cc2)nc2ccncc12. The lowest BCUT2D eigenvalue weighted by molar-refractivity contribution is 0.0303. The average molecular weight is 578 g/mol. The number of hydrogen-bond donors (Lipinski definition) is 2. The molecule has 10 nitrogen and oxygen atoms in total. The monoisotopic (exact) mass is 577 g/mol. The van der Waals surface area contributed by atoms with E-state index in [-0.39, 0.29) is 5.91 Å². The number of ether oxygens (including phenoxy) is 2. The molecule has 5 rings (SSSR count). The fourth-order valence-electron chi connectivity index (χ4n) is 4.40. The van der Waals surface area contributed by atoms with Crippen molar-refractivity contribution >= 4 is 28.8 Å². The third kappa shape index (κ3) is 7.52. The maximum absolute atomic E-state index is 13.0. The average Bonchev–Trinajstić information content (AvgIpc) is 3.02. The summed E-state index contributed by atoms with van der Waals surface area (Å²) in [5.74, 6) is 5.75. The molecular formula is C33H31N5O5. The number of hydrogen-bond acceptors (Lipinski definition) is 7. The van der Waals surface area contributed by atoms with Gasteiger partial charge in [-0.3, -0.25) is 20.0 Å². The van der Waals surface area contributed by atoms with E-state index < -0.39 is 17.6 Å². The van der Waals surface area contributed by atoms with Crippen molar-refractivity contribution in [3.05, 3.63) is 95.3 Å². The molecule has 2 N–H and O–H groups in total. The van der Waals surface area contributed by atoms with E-state index in [2.05, 4.69) is 27.7 Å². The summed E-state index contributed by atoms with van der Waals surface area (Å²) in [5, 5.41) is 0.537. The first-order valence-electron chi connectivity index (χ1n) is 13.8. The zero-order valence-electron chi connectivity index (χ0n) is 24.1. The Labute approximate surface area is 249 Å². The van der Waals surface area contributed by atoms with E-state index in [0.29, 0.717) is 54.0 Å². The maximum Gasteiger partial charge on any atom is 0.426 e. The van der Waals surface area contributed by atoms with Gasteiger partial charge in [-0.05, 0) is 69.3 Å². The Morgan fingerprint density at radius 3 is 2.21 bits per heavy atom. The Morgan fingerprint density at radius 1 is 0.907 bits per heavy atom. The molecule has 0 atom stereocenters. The molecule has 0 aliphatic carbocycles. The third-order valence-corrected chi connectivity index (χ3v) is 6.49. The molecule has 218 valence electrons. The quantitative estimate of drug-likeness (QED) is 0.274. The Morgan fingerprint density at radius 2 is 1.56 bits per heavy atom. The number of carbonyl (C=O) groups excluding carboxylic acids is 3. The molecule has 0 spiro atoms. The second-order valence-corrected chi connectivity index (χ2v) is 10.8. The summed E-state index contributed by atoms with van der Waals surface area (Å²) in [5.41, 5.74) is 8.41. The summed E-state index contributed by atoms with van der Waals surface area (Å²) in [4.78, 5) is 48.3. The fraction of sp³-hybridized carbons (Fsp3) is 0.242. The number of rotatable bonds is 3. The first-order chi connectivity index (χ1) is 20.7. The molecule has 4 aromatic rings. The lowest BCUT2D eigenvalue weighted by atomic mass is 10.0. The van der Waals surface area contributed by atoms with Crippen molar-refractivity contribution in [1.29, 1.82) is 0 Å². The van der Waals surface area contributed by atoms with E-state index in [1.807, 2.05) is 36.4 Å². The van der Waals surface area contributed by atoms with Gasteiger partial charge in [0.2, 0.25) is 0 Å². The van der Waals surface area contributed by atoms with Crippen LogP contribution in [0.15, 0.2) is 73.1 Å². The summed E-state index contributed by atoms with van der Waals surface area (Å²) in [6.07, 6.45) is 2.38. The standard InChI is InChI=1S/C33H31N5O5/c1-33(2,3)43-32(41)37-36-30(39)26-20-29(35-28-14-15-34-21-27(26)28)24-10-6-22(7-11-24)4-5-23-8-12-25(13-9-23)31(40)38-16-18-42-19-17-38/h6-15,20-21H,16-19H2,1-3H3,(H,36,39)(H,37,41). The number of nitrogens with zero attached hydrogens (tertiary/aromatic N) is 3. The minimum atomic E-state index is -0.772. The van der Waals surface area contributed by atoms with Crippen molar-refractivity contribution in [2.24, 2.45) is 0 Å². The summed E-state index contributed by atoms with van der Waals surface area (Å²) >= 11 is 0. The van der Waals surface area contributed by atoms with E-state index in [1.54, 1.807) is 62.3 Å². The van der Waals surface area contributed by atoms with Crippen LogP contribution in [0.25, 0.3) is 22.2 Å². The molecule has 1 aliphatic heterocycles. The molecule has 3 amide bonds. The van der Waals surface area contributed by atoms with Crippen LogP contribution in [-0.4, -0.2) is 64.7 Å². The van der Waals surface area contributed by atoms with Crippen molar-refractivity contribution in [1.82, 2.24) is 25.7 Å². The van der Waals surface area contributed by atoms with Crippen LogP contribution >= 0.6 is 0 Å². The fourth-order valence-corrected chi connectivity index (χ4v) is 4.40. The normalized spacial score (nSPS) is 13.0. The Kier molecular flexibility index (Phi) is 8.64. The van der Waals surface area contributed by atoms with E-state index in [0.717, 1.165) is 16.7 Å².